The van der Waals surface area contributed by atoms with Gasteiger partial charge in [-0.05, 0) is 50.3 Å². The van der Waals surface area contributed by atoms with Crippen molar-refractivity contribution in [1.29, 1.82) is 0 Å². The van der Waals surface area contributed by atoms with E-state index in [9.17, 15) is 0 Å². The standard InChI is InChI=1S/C14H23NS/c1-3-12-8-9-13(16-12)10-11-6-5-7-14(11)15-4-2/h8-9,11,14-15H,3-7,10H2,1-2H3. The van der Waals surface area contributed by atoms with Crippen LogP contribution in [-0.2, 0) is 12.8 Å². The summed E-state index contributed by atoms with van der Waals surface area (Å²) in [6, 6.07) is 5.42. The lowest BCUT2D eigenvalue weighted by molar-refractivity contribution is 0.408. The van der Waals surface area contributed by atoms with Crippen LogP contribution < -0.4 is 5.32 Å². The molecule has 2 heteroatoms. The fraction of sp³-hybridized carbons (Fsp3) is 0.714. The Morgan fingerprint density at radius 2 is 2.06 bits per heavy atom. The Labute approximate surface area is 103 Å². The topological polar surface area (TPSA) is 12.0 Å². The first kappa shape index (κ1) is 12.1. The second-order valence-electron chi connectivity index (χ2n) is 4.78. The number of nitrogens with one attached hydrogen (secondary N) is 1. The van der Waals surface area contributed by atoms with Gasteiger partial charge in [0.25, 0.3) is 0 Å². The number of thiophene rings is 1. The summed E-state index contributed by atoms with van der Waals surface area (Å²) in [7, 11) is 0. The molecular formula is C14H23NS. The zero-order chi connectivity index (χ0) is 11.4. The van der Waals surface area contributed by atoms with Gasteiger partial charge in [-0.2, -0.15) is 0 Å². The Balaban J connectivity index is 1.92. The van der Waals surface area contributed by atoms with Crippen molar-refractivity contribution in [2.24, 2.45) is 5.92 Å². The molecule has 1 aliphatic carbocycles. The minimum Gasteiger partial charge on any atom is -0.314 e. The van der Waals surface area contributed by atoms with E-state index in [1.807, 2.05) is 11.3 Å². The second kappa shape index (κ2) is 5.83. The maximum absolute atomic E-state index is 3.64. The number of hydrogen-bond donors (Lipinski definition) is 1. The molecule has 0 spiro atoms. The molecule has 1 aromatic rings. The van der Waals surface area contributed by atoms with Crippen molar-refractivity contribution in [3.8, 4) is 0 Å². The van der Waals surface area contributed by atoms with Crippen molar-refractivity contribution in [3.63, 3.8) is 0 Å². The first-order chi connectivity index (χ1) is 7.83. The van der Waals surface area contributed by atoms with E-state index >= 15 is 0 Å². The van der Waals surface area contributed by atoms with Crippen LogP contribution in [0.4, 0.5) is 0 Å². The van der Waals surface area contributed by atoms with Gasteiger partial charge in [-0.1, -0.05) is 20.3 Å². The molecule has 1 nitrogen and oxygen atoms in total. The molecule has 1 aromatic heterocycles. The summed E-state index contributed by atoms with van der Waals surface area (Å²) in [6.45, 7) is 5.58. The monoisotopic (exact) mass is 237 g/mol. The highest BCUT2D eigenvalue weighted by molar-refractivity contribution is 7.11. The Hall–Kier alpha value is -0.340. The molecule has 0 aromatic carbocycles. The Bertz CT molecular complexity index is 318. The summed E-state index contributed by atoms with van der Waals surface area (Å²) in [4.78, 5) is 3.12. The molecule has 1 N–H and O–H groups in total. The molecule has 1 fully saturated rings. The van der Waals surface area contributed by atoms with Crippen molar-refractivity contribution in [2.45, 2.75) is 52.0 Å². The van der Waals surface area contributed by atoms with Gasteiger partial charge in [-0.15, -0.1) is 11.3 Å². The highest BCUT2D eigenvalue weighted by atomic mass is 32.1. The van der Waals surface area contributed by atoms with Gasteiger partial charge >= 0.3 is 0 Å². The van der Waals surface area contributed by atoms with Crippen LogP contribution in [0.1, 0.15) is 42.9 Å². The van der Waals surface area contributed by atoms with Gasteiger partial charge in [0.15, 0.2) is 0 Å². The maximum Gasteiger partial charge on any atom is 0.00986 e. The van der Waals surface area contributed by atoms with E-state index in [0.717, 1.165) is 18.5 Å². The SMILES string of the molecule is CCNC1CCCC1Cc1ccc(CC)s1. The fourth-order valence-electron chi connectivity index (χ4n) is 2.79. The van der Waals surface area contributed by atoms with Crippen LogP contribution in [-0.4, -0.2) is 12.6 Å². The van der Waals surface area contributed by atoms with E-state index in [-0.39, 0.29) is 0 Å². The van der Waals surface area contributed by atoms with E-state index < -0.39 is 0 Å². The molecule has 90 valence electrons. The average molecular weight is 237 g/mol. The van der Waals surface area contributed by atoms with Crippen LogP contribution in [0, 0.1) is 5.92 Å². The predicted molar refractivity (Wildman–Crippen MR) is 72.2 cm³/mol. The molecule has 0 radical (unpaired) electrons. The van der Waals surface area contributed by atoms with Crippen molar-refractivity contribution in [2.75, 3.05) is 6.54 Å². The molecule has 0 amide bonds. The highest BCUT2D eigenvalue weighted by Gasteiger charge is 2.26. The number of rotatable bonds is 5. The molecule has 0 bridgehead atoms. The van der Waals surface area contributed by atoms with E-state index in [1.54, 1.807) is 4.88 Å². The third-order valence-electron chi connectivity index (χ3n) is 3.65. The smallest absolute Gasteiger partial charge is 0.00986 e. The van der Waals surface area contributed by atoms with E-state index in [0.29, 0.717) is 0 Å². The molecular weight excluding hydrogens is 214 g/mol. The lowest BCUT2D eigenvalue weighted by Gasteiger charge is -2.19. The Kier molecular flexibility index (Phi) is 4.42. The zero-order valence-corrected chi connectivity index (χ0v) is 11.3. The molecule has 0 saturated heterocycles. The van der Waals surface area contributed by atoms with Crippen molar-refractivity contribution in [3.05, 3.63) is 21.9 Å². The molecule has 1 aliphatic rings. The normalized spacial score (nSPS) is 25.1. The van der Waals surface area contributed by atoms with Crippen LogP contribution in [0.3, 0.4) is 0 Å². The lowest BCUT2D eigenvalue weighted by atomic mass is 9.98. The molecule has 16 heavy (non-hydrogen) atoms. The summed E-state index contributed by atoms with van der Waals surface area (Å²) >= 11 is 2.01. The van der Waals surface area contributed by atoms with Gasteiger partial charge in [0.05, 0.1) is 0 Å². The van der Waals surface area contributed by atoms with E-state index in [2.05, 4.69) is 31.3 Å². The first-order valence-electron chi connectivity index (χ1n) is 6.64. The van der Waals surface area contributed by atoms with Gasteiger partial charge in [0.1, 0.15) is 0 Å². The van der Waals surface area contributed by atoms with E-state index in [1.165, 1.54) is 37.0 Å². The van der Waals surface area contributed by atoms with Crippen LogP contribution >= 0.6 is 11.3 Å². The zero-order valence-electron chi connectivity index (χ0n) is 10.5. The van der Waals surface area contributed by atoms with Crippen molar-refractivity contribution < 1.29 is 0 Å². The molecule has 2 rings (SSSR count). The second-order valence-corrected chi connectivity index (χ2v) is 6.03. The predicted octanol–water partition coefficient (Wildman–Crippen LogP) is 3.63. The van der Waals surface area contributed by atoms with Crippen LogP contribution in [0.5, 0.6) is 0 Å². The minimum absolute atomic E-state index is 0.775. The molecule has 1 heterocycles. The molecule has 2 unspecified atom stereocenters. The largest absolute Gasteiger partial charge is 0.314 e. The summed E-state index contributed by atoms with van der Waals surface area (Å²) in [5, 5.41) is 3.64. The molecule has 0 aliphatic heterocycles. The summed E-state index contributed by atoms with van der Waals surface area (Å²) in [6.07, 6.45) is 6.68. The van der Waals surface area contributed by atoms with Gasteiger partial charge in [-0.25, -0.2) is 0 Å². The number of aryl methyl sites for hydroxylation is 1. The van der Waals surface area contributed by atoms with Crippen molar-refractivity contribution >= 4 is 11.3 Å². The molecule has 1 saturated carbocycles. The van der Waals surface area contributed by atoms with Crippen molar-refractivity contribution in [1.82, 2.24) is 5.32 Å². The van der Waals surface area contributed by atoms with Crippen LogP contribution in [0.25, 0.3) is 0 Å². The Morgan fingerprint density at radius 3 is 2.75 bits per heavy atom. The highest BCUT2D eigenvalue weighted by Crippen LogP contribution is 2.31. The van der Waals surface area contributed by atoms with Crippen LogP contribution in [0.15, 0.2) is 12.1 Å². The van der Waals surface area contributed by atoms with Gasteiger partial charge < -0.3 is 5.32 Å². The quantitative estimate of drug-likeness (QED) is 0.824. The van der Waals surface area contributed by atoms with Gasteiger partial charge in [0.2, 0.25) is 0 Å². The van der Waals surface area contributed by atoms with Gasteiger partial charge in [-0.3, -0.25) is 0 Å². The average Bonchev–Trinajstić information content (AvgIpc) is 2.90. The summed E-state index contributed by atoms with van der Waals surface area (Å²) < 4.78 is 0. The first-order valence-corrected chi connectivity index (χ1v) is 7.46. The molecule has 2 atom stereocenters. The maximum atomic E-state index is 3.64. The van der Waals surface area contributed by atoms with E-state index in [4.69, 9.17) is 0 Å². The van der Waals surface area contributed by atoms with Gasteiger partial charge in [0, 0.05) is 15.8 Å². The summed E-state index contributed by atoms with van der Waals surface area (Å²) in [5.41, 5.74) is 0. The summed E-state index contributed by atoms with van der Waals surface area (Å²) in [5.74, 6) is 0.878. The van der Waals surface area contributed by atoms with Crippen LogP contribution in [0.2, 0.25) is 0 Å². The fourth-order valence-corrected chi connectivity index (χ4v) is 3.84. The third-order valence-corrected chi connectivity index (χ3v) is 4.91. The number of hydrogen-bond acceptors (Lipinski definition) is 2. The Morgan fingerprint density at radius 1 is 1.25 bits per heavy atom. The third kappa shape index (κ3) is 2.86. The lowest BCUT2D eigenvalue weighted by Crippen LogP contribution is -2.32. The minimum atomic E-state index is 0.775.